The second-order valence-corrected chi connectivity index (χ2v) is 8.10. The van der Waals surface area contributed by atoms with E-state index in [1.54, 1.807) is 43.9 Å². The van der Waals surface area contributed by atoms with E-state index in [9.17, 15) is 9.59 Å². The van der Waals surface area contributed by atoms with E-state index in [1.165, 1.54) is 18.4 Å². The average Bonchev–Trinajstić information content (AvgIpc) is 3.12. The van der Waals surface area contributed by atoms with E-state index in [-0.39, 0.29) is 5.56 Å². The highest BCUT2D eigenvalue weighted by atomic mass is 32.1. The number of ether oxygens (including phenoxy) is 3. The van der Waals surface area contributed by atoms with Gasteiger partial charge in [0.2, 0.25) is 0 Å². The van der Waals surface area contributed by atoms with Gasteiger partial charge in [-0.1, -0.05) is 41.7 Å². The summed E-state index contributed by atoms with van der Waals surface area (Å²) in [6, 6.07) is 14.1. The molecular formula is C24H22N2O5S. The summed E-state index contributed by atoms with van der Waals surface area (Å²) in [4.78, 5) is 31.3. The Morgan fingerprint density at radius 1 is 1.06 bits per heavy atom. The van der Waals surface area contributed by atoms with Crippen LogP contribution in [0.5, 0.6) is 11.5 Å². The predicted molar refractivity (Wildman–Crippen MR) is 122 cm³/mol. The van der Waals surface area contributed by atoms with Gasteiger partial charge < -0.3 is 14.2 Å². The summed E-state index contributed by atoms with van der Waals surface area (Å²) in [7, 11) is 4.49. The molecule has 0 unspecified atom stereocenters. The van der Waals surface area contributed by atoms with Gasteiger partial charge in [0.05, 0.1) is 43.2 Å². The fourth-order valence-corrected chi connectivity index (χ4v) is 4.76. The molecule has 0 fully saturated rings. The predicted octanol–water partition coefficient (Wildman–Crippen LogP) is 2.43. The van der Waals surface area contributed by atoms with E-state index in [4.69, 9.17) is 14.2 Å². The number of rotatable bonds is 5. The van der Waals surface area contributed by atoms with Gasteiger partial charge in [0.15, 0.2) is 4.80 Å². The Kier molecular flexibility index (Phi) is 5.96. The molecule has 0 amide bonds. The van der Waals surface area contributed by atoms with Crippen LogP contribution in [-0.2, 0) is 9.53 Å². The van der Waals surface area contributed by atoms with E-state index < -0.39 is 12.0 Å². The number of nitrogens with zero attached hydrogens (tertiary/aromatic N) is 2. The third-order valence-electron chi connectivity index (χ3n) is 5.28. The molecule has 4 rings (SSSR count). The van der Waals surface area contributed by atoms with Gasteiger partial charge in [-0.3, -0.25) is 9.36 Å². The van der Waals surface area contributed by atoms with E-state index in [0.717, 1.165) is 11.1 Å². The van der Waals surface area contributed by atoms with Gasteiger partial charge in [0.1, 0.15) is 11.5 Å². The molecule has 0 N–H and O–H groups in total. The summed E-state index contributed by atoms with van der Waals surface area (Å²) in [5, 5.41) is 0. The van der Waals surface area contributed by atoms with E-state index in [1.807, 2.05) is 36.4 Å². The van der Waals surface area contributed by atoms with Crippen LogP contribution in [0, 0.1) is 0 Å². The van der Waals surface area contributed by atoms with Crippen molar-refractivity contribution in [2.75, 3.05) is 21.3 Å². The summed E-state index contributed by atoms with van der Waals surface area (Å²) >= 11 is 1.27. The van der Waals surface area contributed by atoms with E-state index in [0.29, 0.717) is 32.1 Å². The Labute approximate surface area is 188 Å². The Morgan fingerprint density at radius 2 is 1.78 bits per heavy atom. The van der Waals surface area contributed by atoms with Gasteiger partial charge in [-0.05, 0) is 36.8 Å². The van der Waals surface area contributed by atoms with Gasteiger partial charge in [-0.2, -0.15) is 0 Å². The number of fused-ring (bicyclic) bond motifs is 1. The average molecular weight is 451 g/mol. The van der Waals surface area contributed by atoms with Crippen molar-refractivity contribution in [3.05, 3.63) is 90.6 Å². The highest BCUT2D eigenvalue weighted by Crippen LogP contribution is 2.31. The molecule has 1 aromatic heterocycles. The minimum atomic E-state index is -0.663. The van der Waals surface area contributed by atoms with Crippen molar-refractivity contribution < 1.29 is 19.0 Å². The molecule has 1 atom stereocenters. The number of carbonyl (C=O) groups is 1. The monoisotopic (exact) mass is 450 g/mol. The largest absolute Gasteiger partial charge is 0.497 e. The van der Waals surface area contributed by atoms with Crippen LogP contribution in [0.3, 0.4) is 0 Å². The molecule has 7 nitrogen and oxygen atoms in total. The van der Waals surface area contributed by atoms with Crippen LogP contribution in [0.15, 0.2) is 69.6 Å². The molecule has 0 radical (unpaired) electrons. The number of hydrogen-bond acceptors (Lipinski definition) is 7. The smallest absolute Gasteiger partial charge is 0.338 e. The number of benzene rings is 2. The fraction of sp³-hybridized carbons (Fsp3) is 0.208. The lowest BCUT2D eigenvalue weighted by atomic mass is 9.96. The normalized spacial score (nSPS) is 15.8. The first-order chi connectivity index (χ1) is 15.5. The lowest BCUT2D eigenvalue weighted by Gasteiger charge is -2.24. The summed E-state index contributed by atoms with van der Waals surface area (Å²) in [5.41, 5.74) is 2.14. The van der Waals surface area contributed by atoms with Crippen molar-refractivity contribution in [3.63, 3.8) is 0 Å². The fourth-order valence-electron chi connectivity index (χ4n) is 3.72. The van der Waals surface area contributed by atoms with E-state index in [2.05, 4.69) is 4.99 Å². The van der Waals surface area contributed by atoms with Crippen LogP contribution in [0.25, 0.3) is 6.08 Å². The number of thiazole rings is 1. The van der Waals surface area contributed by atoms with Crippen molar-refractivity contribution in [1.82, 2.24) is 4.57 Å². The standard InChI is InChI=1S/C24H22N2O5S/c1-14-20(23(28)31-4)21(15-9-11-17(29-2)12-10-15)26-22(27)19(32-24(26)25-14)13-16-7-5-6-8-18(16)30-3/h5-13,21H,1-4H3/b19-13+/t21-/m0/s1. The number of allylic oxidation sites excluding steroid dienone is 1. The maximum atomic E-state index is 13.5. The number of para-hydroxylation sites is 1. The van der Waals surface area contributed by atoms with Crippen LogP contribution in [0.2, 0.25) is 0 Å². The number of carbonyl (C=O) groups excluding carboxylic acids is 1. The number of esters is 1. The van der Waals surface area contributed by atoms with Gasteiger partial charge in [0, 0.05) is 5.56 Å². The van der Waals surface area contributed by atoms with Gasteiger partial charge in [-0.25, -0.2) is 9.79 Å². The summed E-state index contributed by atoms with van der Waals surface area (Å²) < 4.78 is 17.7. The van der Waals surface area contributed by atoms with Crippen molar-refractivity contribution >= 4 is 23.4 Å². The molecule has 0 saturated heterocycles. The highest BCUT2D eigenvalue weighted by Gasteiger charge is 2.33. The van der Waals surface area contributed by atoms with Crippen LogP contribution in [-0.4, -0.2) is 31.9 Å². The second kappa shape index (κ2) is 8.84. The molecule has 0 saturated carbocycles. The molecule has 2 heterocycles. The zero-order valence-corrected chi connectivity index (χ0v) is 18.9. The molecular weight excluding hydrogens is 428 g/mol. The van der Waals surface area contributed by atoms with Crippen molar-refractivity contribution in [1.29, 1.82) is 0 Å². The molecule has 1 aliphatic rings. The number of aromatic nitrogens is 1. The third kappa shape index (κ3) is 3.73. The van der Waals surface area contributed by atoms with Crippen LogP contribution >= 0.6 is 11.3 Å². The van der Waals surface area contributed by atoms with Gasteiger partial charge in [0.25, 0.3) is 5.56 Å². The minimum absolute atomic E-state index is 0.241. The summed E-state index contributed by atoms with van der Waals surface area (Å²) in [5.74, 6) is 0.820. The van der Waals surface area contributed by atoms with Crippen LogP contribution < -0.4 is 24.4 Å². The minimum Gasteiger partial charge on any atom is -0.497 e. The van der Waals surface area contributed by atoms with Crippen molar-refractivity contribution in [2.24, 2.45) is 4.99 Å². The molecule has 164 valence electrons. The van der Waals surface area contributed by atoms with E-state index >= 15 is 0 Å². The van der Waals surface area contributed by atoms with Gasteiger partial charge in [-0.15, -0.1) is 0 Å². The lowest BCUT2D eigenvalue weighted by molar-refractivity contribution is -0.136. The Hall–Kier alpha value is -3.65. The molecule has 3 aromatic rings. The van der Waals surface area contributed by atoms with Crippen LogP contribution in [0.4, 0.5) is 0 Å². The Morgan fingerprint density at radius 3 is 2.44 bits per heavy atom. The van der Waals surface area contributed by atoms with Crippen molar-refractivity contribution in [3.8, 4) is 11.5 Å². The quantitative estimate of drug-likeness (QED) is 0.558. The zero-order chi connectivity index (χ0) is 22.8. The molecule has 2 aromatic carbocycles. The zero-order valence-electron chi connectivity index (χ0n) is 18.1. The number of hydrogen-bond donors (Lipinski definition) is 0. The highest BCUT2D eigenvalue weighted by molar-refractivity contribution is 7.07. The van der Waals surface area contributed by atoms with Crippen LogP contribution in [0.1, 0.15) is 24.1 Å². The molecule has 0 bridgehead atoms. The van der Waals surface area contributed by atoms with Crippen molar-refractivity contribution in [2.45, 2.75) is 13.0 Å². The summed E-state index contributed by atoms with van der Waals surface area (Å²) in [6.45, 7) is 1.75. The first-order valence-corrected chi connectivity index (χ1v) is 10.7. The molecule has 8 heteroatoms. The maximum Gasteiger partial charge on any atom is 0.338 e. The SMILES string of the molecule is COC(=O)C1=C(C)N=c2s/c(=C/c3ccccc3OC)c(=O)n2[C@H]1c1ccc(OC)cc1. The molecule has 0 aliphatic carbocycles. The summed E-state index contributed by atoms with van der Waals surface area (Å²) in [6.07, 6.45) is 1.78. The third-order valence-corrected chi connectivity index (χ3v) is 6.27. The Balaban J connectivity index is 1.97. The topological polar surface area (TPSA) is 79.1 Å². The first kappa shape index (κ1) is 21.6. The second-order valence-electron chi connectivity index (χ2n) is 7.09. The number of methoxy groups -OCH3 is 3. The Bertz CT molecular complexity index is 1380. The first-order valence-electron chi connectivity index (χ1n) is 9.86. The molecule has 32 heavy (non-hydrogen) atoms. The maximum absolute atomic E-state index is 13.5. The molecule has 1 aliphatic heterocycles. The molecule has 0 spiro atoms. The lowest BCUT2D eigenvalue weighted by Crippen LogP contribution is -2.39. The van der Waals surface area contributed by atoms with Gasteiger partial charge >= 0.3 is 5.97 Å².